The Balaban J connectivity index is 2.26. The monoisotopic (exact) mass is 230 g/mol. The number of aliphatic hydroxyl groups is 1. The van der Waals surface area contributed by atoms with E-state index in [1.54, 1.807) is 0 Å². The van der Waals surface area contributed by atoms with Gasteiger partial charge >= 0.3 is 0 Å². The highest BCUT2D eigenvalue weighted by molar-refractivity contribution is 5.32. The lowest BCUT2D eigenvalue weighted by Crippen LogP contribution is -2.24. The molecular weight excluding hydrogens is 208 g/mol. The first-order valence-electron chi connectivity index (χ1n) is 6.60. The van der Waals surface area contributed by atoms with Gasteiger partial charge in [-0.25, -0.2) is 0 Å². The van der Waals surface area contributed by atoms with Gasteiger partial charge in [0.2, 0.25) is 0 Å². The van der Waals surface area contributed by atoms with Gasteiger partial charge in [-0.05, 0) is 42.7 Å². The first-order valence-corrected chi connectivity index (χ1v) is 6.60. The van der Waals surface area contributed by atoms with Gasteiger partial charge in [-0.15, -0.1) is 0 Å². The molecule has 0 saturated carbocycles. The Labute approximate surface area is 104 Å². The van der Waals surface area contributed by atoms with Gasteiger partial charge < -0.3 is 5.11 Å². The molecule has 1 aromatic rings. The van der Waals surface area contributed by atoms with Crippen molar-refractivity contribution >= 4 is 0 Å². The van der Waals surface area contributed by atoms with Crippen LogP contribution in [0, 0.1) is 5.92 Å². The molecule has 0 heterocycles. The molecule has 1 unspecified atom stereocenters. The van der Waals surface area contributed by atoms with Crippen LogP contribution in [0.3, 0.4) is 0 Å². The molecule has 1 heteroatoms. The maximum absolute atomic E-state index is 10.6. The van der Waals surface area contributed by atoms with Crippen LogP contribution in [-0.4, -0.2) is 5.11 Å². The second-order valence-corrected chi connectivity index (χ2v) is 5.52. The van der Waals surface area contributed by atoms with Gasteiger partial charge in [0.05, 0.1) is 0 Å². The van der Waals surface area contributed by atoms with Crippen molar-refractivity contribution in [3.05, 3.63) is 47.5 Å². The summed E-state index contributed by atoms with van der Waals surface area (Å²) in [4.78, 5) is 0. The van der Waals surface area contributed by atoms with E-state index in [0.717, 1.165) is 31.2 Å². The molecule has 1 nitrogen and oxygen atoms in total. The third kappa shape index (κ3) is 2.98. The largest absolute Gasteiger partial charge is 0.381 e. The fourth-order valence-corrected chi connectivity index (χ4v) is 2.53. The van der Waals surface area contributed by atoms with Gasteiger partial charge in [-0.2, -0.15) is 0 Å². The zero-order chi connectivity index (χ0) is 12.3. The highest BCUT2D eigenvalue weighted by Crippen LogP contribution is 2.32. The highest BCUT2D eigenvalue weighted by atomic mass is 16.3. The van der Waals surface area contributed by atoms with Crippen molar-refractivity contribution in [3.63, 3.8) is 0 Å². The Morgan fingerprint density at radius 3 is 2.82 bits per heavy atom. The molecule has 0 aliphatic heterocycles. The maximum atomic E-state index is 10.6. The van der Waals surface area contributed by atoms with Gasteiger partial charge in [-0.3, -0.25) is 0 Å². The molecule has 92 valence electrons. The number of hydrogen-bond donors (Lipinski definition) is 1. The number of rotatable bonds is 3. The van der Waals surface area contributed by atoms with Crippen molar-refractivity contribution in [1.29, 1.82) is 0 Å². The lowest BCUT2D eigenvalue weighted by atomic mass is 9.83. The molecular formula is C16H22O. The molecule has 0 radical (unpaired) electrons. The summed E-state index contributed by atoms with van der Waals surface area (Å²) < 4.78 is 0. The molecule has 0 fully saturated rings. The minimum Gasteiger partial charge on any atom is -0.381 e. The summed E-state index contributed by atoms with van der Waals surface area (Å²) in [6.45, 7) is 4.45. The van der Waals surface area contributed by atoms with Gasteiger partial charge in [0.1, 0.15) is 5.60 Å². The standard InChI is InChI=1S/C16H22O/c1-13(2)11-14-7-6-8-15(12-14)16(17)9-4-3-5-10-16/h4,6-9,12-13,17H,3,5,10-11H2,1-2H3. The van der Waals surface area contributed by atoms with Crippen LogP contribution in [0.1, 0.15) is 44.2 Å². The minimum absolute atomic E-state index is 0.654. The van der Waals surface area contributed by atoms with Crippen LogP contribution in [0.25, 0.3) is 0 Å². The first-order chi connectivity index (χ1) is 8.10. The number of benzene rings is 1. The Morgan fingerprint density at radius 1 is 1.35 bits per heavy atom. The third-order valence-corrected chi connectivity index (χ3v) is 3.39. The first kappa shape index (κ1) is 12.4. The van der Waals surface area contributed by atoms with E-state index in [-0.39, 0.29) is 0 Å². The van der Waals surface area contributed by atoms with Gasteiger partial charge in [0.15, 0.2) is 0 Å². The van der Waals surface area contributed by atoms with Crippen molar-refractivity contribution in [2.75, 3.05) is 0 Å². The van der Waals surface area contributed by atoms with Gasteiger partial charge in [0.25, 0.3) is 0 Å². The third-order valence-electron chi connectivity index (χ3n) is 3.39. The number of allylic oxidation sites excluding steroid dienone is 1. The van der Waals surface area contributed by atoms with Crippen molar-refractivity contribution in [3.8, 4) is 0 Å². The summed E-state index contributed by atoms with van der Waals surface area (Å²) in [5, 5.41) is 10.6. The lowest BCUT2D eigenvalue weighted by Gasteiger charge is -2.28. The molecule has 2 rings (SSSR count). The Hall–Kier alpha value is -1.08. The predicted octanol–water partition coefficient (Wildman–Crippen LogP) is 3.81. The molecule has 0 bridgehead atoms. The predicted molar refractivity (Wildman–Crippen MR) is 71.9 cm³/mol. The average molecular weight is 230 g/mol. The van der Waals surface area contributed by atoms with E-state index in [9.17, 15) is 5.11 Å². The molecule has 0 amide bonds. The SMILES string of the molecule is CC(C)Cc1cccc(C2(O)C=CCCC2)c1. The lowest BCUT2D eigenvalue weighted by molar-refractivity contribution is 0.0725. The summed E-state index contributed by atoms with van der Waals surface area (Å²) in [6.07, 6.45) is 8.14. The number of hydrogen-bond acceptors (Lipinski definition) is 1. The Morgan fingerprint density at radius 2 is 2.18 bits per heavy atom. The zero-order valence-corrected chi connectivity index (χ0v) is 10.8. The van der Waals surface area contributed by atoms with Crippen LogP contribution < -0.4 is 0 Å². The van der Waals surface area contributed by atoms with Crippen LogP contribution in [0.4, 0.5) is 0 Å². The van der Waals surface area contributed by atoms with E-state index < -0.39 is 5.60 Å². The van der Waals surface area contributed by atoms with Gasteiger partial charge in [0, 0.05) is 0 Å². The van der Waals surface area contributed by atoms with Gasteiger partial charge in [-0.1, -0.05) is 50.3 Å². The van der Waals surface area contributed by atoms with E-state index in [2.05, 4.69) is 38.1 Å². The van der Waals surface area contributed by atoms with Crippen LogP contribution in [-0.2, 0) is 12.0 Å². The molecule has 1 aromatic carbocycles. The van der Waals surface area contributed by atoms with Crippen molar-refractivity contribution < 1.29 is 5.11 Å². The summed E-state index contributed by atoms with van der Waals surface area (Å²) >= 11 is 0. The Kier molecular flexibility index (Phi) is 3.68. The van der Waals surface area contributed by atoms with Crippen LogP contribution in [0.2, 0.25) is 0 Å². The minimum atomic E-state index is -0.731. The van der Waals surface area contributed by atoms with Crippen molar-refractivity contribution in [2.45, 2.75) is 45.1 Å². The van der Waals surface area contributed by atoms with E-state index in [4.69, 9.17) is 0 Å². The second-order valence-electron chi connectivity index (χ2n) is 5.52. The van der Waals surface area contributed by atoms with Crippen LogP contribution >= 0.6 is 0 Å². The quantitative estimate of drug-likeness (QED) is 0.783. The van der Waals surface area contributed by atoms with E-state index in [1.807, 2.05) is 12.1 Å². The summed E-state index contributed by atoms with van der Waals surface area (Å²) in [5.41, 5.74) is 1.64. The normalized spacial score (nSPS) is 24.2. The molecule has 0 saturated heterocycles. The highest BCUT2D eigenvalue weighted by Gasteiger charge is 2.27. The van der Waals surface area contributed by atoms with E-state index >= 15 is 0 Å². The molecule has 1 aliphatic rings. The summed E-state index contributed by atoms with van der Waals surface area (Å²) in [5.74, 6) is 0.654. The van der Waals surface area contributed by atoms with E-state index in [0.29, 0.717) is 5.92 Å². The summed E-state index contributed by atoms with van der Waals surface area (Å²) in [6, 6.07) is 8.42. The zero-order valence-electron chi connectivity index (χ0n) is 10.8. The molecule has 1 atom stereocenters. The van der Waals surface area contributed by atoms with Crippen LogP contribution in [0.5, 0.6) is 0 Å². The molecule has 1 N–H and O–H groups in total. The fraction of sp³-hybridized carbons (Fsp3) is 0.500. The smallest absolute Gasteiger partial charge is 0.108 e. The topological polar surface area (TPSA) is 20.2 Å². The Bertz CT molecular complexity index is 406. The molecule has 1 aliphatic carbocycles. The fourth-order valence-electron chi connectivity index (χ4n) is 2.53. The summed E-state index contributed by atoms with van der Waals surface area (Å²) in [7, 11) is 0. The molecule has 0 spiro atoms. The average Bonchev–Trinajstić information content (AvgIpc) is 2.29. The van der Waals surface area contributed by atoms with E-state index in [1.165, 1.54) is 5.56 Å². The molecule has 0 aromatic heterocycles. The van der Waals surface area contributed by atoms with Crippen molar-refractivity contribution in [2.24, 2.45) is 5.92 Å². The van der Waals surface area contributed by atoms with Crippen molar-refractivity contribution in [1.82, 2.24) is 0 Å². The molecule has 17 heavy (non-hydrogen) atoms. The second kappa shape index (κ2) is 5.05. The maximum Gasteiger partial charge on any atom is 0.108 e. The van der Waals surface area contributed by atoms with Crippen LogP contribution in [0.15, 0.2) is 36.4 Å².